The fraction of sp³-hybridized carbons (Fsp3) is 0.333. The van der Waals surface area contributed by atoms with Crippen LogP contribution in [0.5, 0.6) is 11.5 Å². The molecular weight excluding hydrogens is 464 g/mol. The van der Waals surface area contributed by atoms with E-state index in [4.69, 9.17) is 9.47 Å². The summed E-state index contributed by atoms with van der Waals surface area (Å²) in [6.07, 6.45) is 12.2. The van der Waals surface area contributed by atoms with Crippen molar-refractivity contribution >= 4 is 21.5 Å². The zero-order valence-electron chi connectivity index (χ0n) is 22.8. The summed E-state index contributed by atoms with van der Waals surface area (Å²) in [6, 6.07) is 22.0. The average molecular weight is 501 g/mol. The molecule has 4 aromatic rings. The van der Waals surface area contributed by atoms with Crippen molar-refractivity contribution in [3.63, 3.8) is 0 Å². The lowest BCUT2D eigenvalue weighted by molar-refractivity contribution is 0.263. The molecule has 0 spiro atoms. The van der Waals surface area contributed by atoms with Crippen LogP contribution in [0.15, 0.2) is 83.5 Å². The minimum Gasteiger partial charge on any atom is -0.496 e. The molecule has 38 heavy (non-hydrogen) atoms. The van der Waals surface area contributed by atoms with Crippen LogP contribution in [0.2, 0.25) is 0 Å². The van der Waals surface area contributed by atoms with Gasteiger partial charge in [0.25, 0.3) is 0 Å². The largest absolute Gasteiger partial charge is 0.496 e. The minimum absolute atomic E-state index is 0.325. The second-order valence-electron chi connectivity index (χ2n) is 11.8. The fourth-order valence-electron chi connectivity index (χ4n) is 7.52. The number of ether oxygens (including phenoxy) is 2. The van der Waals surface area contributed by atoms with Gasteiger partial charge in [0.1, 0.15) is 11.5 Å². The molecule has 2 heteroatoms. The lowest BCUT2D eigenvalue weighted by atomic mass is 9.70. The van der Waals surface area contributed by atoms with E-state index in [2.05, 4.69) is 73.7 Å². The number of benzene rings is 4. The first-order valence-corrected chi connectivity index (χ1v) is 14.2. The van der Waals surface area contributed by atoms with E-state index in [1.165, 1.54) is 81.5 Å². The second kappa shape index (κ2) is 9.05. The van der Waals surface area contributed by atoms with E-state index >= 15 is 0 Å². The highest BCUT2D eigenvalue weighted by Gasteiger charge is 2.36. The highest BCUT2D eigenvalue weighted by Crippen LogP contribution is 2.53. The summed E-state index contributed by atoms with van der Waals surface area (Å²) in [7, 11) is 3.65. The van der Waals surface area contributed by atoms with Crippen molar-refractivity contribution in [2.75, 3.05) is 14.2 Å². The maximum atomic E-state index is 6.14. The summed E-state index contributed by atoms with van der Waals surface area (Å²) in [4.78, 5) is 0. The molecule has 1 fully saturated rings. The molecule has 0 heterocycles. The van der Waals surface area contributed by atoms with Gasteiger partial charge in [0, 0.05) is 17.5 Å². The predicted octanol–water partition coefficient (Wildman–Crippen LogP) is 9.37. The minimum atomic E-state index is 0.325. The van der Waals surface area contributed by atoms with Crippen LogP contribution in [-0.2, 0) is 12.8 Å². The molecule has 0 saturated heterocycles. The highest BCUT2D eigenvalue weighted by atomic mass is 16.5. The van der Waals surface area contributed by atoms with Gasteiger partial charge in [-0.25, -0.2) is 0 Å². The third-order valence-electron chi connectivity index (χ3n) is 9.62. The molecule has 0 N–H and O–H groups in total. The molecule has 3 aliphatic carbocycles. The van der Waals surface area contributed by atoms with Crippen molar-refractivity contribution in [1.82, 2.24) is 0 Å². The Hall–Kier alpha value is -3.52. The molecule has 2 nitrogen and oxygen atoms in total. The topological polar surface area (TPSA) is 18.5 Å². The van der Waals surface area contributed by atoms with Crippen LogP contribution in [-0.4, -0.2) is 14.2 Å². The molecule has 0 bridgehead atoms. The van der Waals surface area contributed by atoms with E-state index in [1.807, 2.05) is 14.2 Å². The first-order valence-electron chi connectivity index (χ1n) is 14.2. The van der Waals surface area contributed by atoms with Crippen molar-refractivity contribution in [2.24, 2.45) is 5.41 Å². The molecule has 192 valence electrons. The van der Waals surface area contributed by atoms with Crippen molar-refractivity contribution in [3.8, 4) is 22.6 Å². The molecule has 0 aliphatic heterocycles. The van der Waals surface area contributed by atoms with Crippen LogP contribution in [0.3, 0.4) is 0 Å². The Morgan fingerprint density at radius 3 is 1.79 bits per heavy atom. The van der Waals surface area contributed by atoms with E-state index in [0.717, 1.165) is 30.8 Å². The Labute approximate surface area is 226 Å². The molecule has 4 aromatic carbocycles. The normalized spacial score (nSPS) is 18.3. The summed E-state index contributed by atoms with van der Waals surface area (Å²) in [6.45, 7) is 2.52. The molecule has 0 unspecified atom stereocenters. The molecule has 0 amide bonds. The molecule has 7 rings (SSSR count). The zero-order chi connectivity index (χ0) is 25.9. The maximum absolute atomic E-state index is 6.14. The van der Waals surface area contributed by atoms with Gasteiger partial charge >= 0.3 is 0 Å². The third kappa shape index (κ3) is 3.61. The van der Waals surface area contributed by atoms with Gasteiger partial charge in [0.2, 0.25) is 0 Å². The lowest BCUT2D eigenvalue weighted by Gasteiger charge is -2.35. The van der Waals surface area contributed by atoms with Crippen LogP contribution in [0, 0.1) is 5.41 Å². The lowest BCUT2D eigenvalue weighted by Crippen LogP contribution is -2.22. The van der Waals surface area contributed by atoms with Crippen LogP contribution < -0.4 is 9.47 Å². The Balaban J connectivity index is 1.54. The molecule has 0 radical (unpaired) electrons. The van der Waals surface area contributed by atoms with E-state index in [1.54, 1.807) is 11.1 Å². The highest BCUT2D eigenvalue weighted by molar-refractivity contribution is 6.10. The van der Waals surface area contributed by atoms with Crippen LogP contribution in [0.1, 0.15) is 56.6 Å². The van der Waals surface area contributed by atoms with E-state index in [9.17, 15) is 0 Å². The summed E-state index contributed by atoms with van der Waals surface area (Å²) in [5.41, 5.74) is 10.2. The molecular formula is C36H36O2. The van der Waals surface area contributed by atoms with Crippen molar-refractivity contribution in [3.05, 3.63) is 94.6 Å². The quantitative estimate of drug-likeness (QED) is 0.279. The summed E-state index contributed by atoms with van der Waals surface area (Å²) < 4.78 is 12.3. The number of hydrogen-bond acceptors (Lipinski definition) is 2. The van der Waals surface area contributed by atoms with Gasteiger partial charge in [-0.15, -0.1) is 0 Å². The van der Waals surface area contributed by atoms with Gasteiger partial charge < -0.3 is 9.47 Å². The second-order valence-corrected chi connectivity index (χ2v) is 11.8. The van der Waals surface area contributed by atoms with Crippen molar-refractivity contribution in [2.45, 2.75) is 58.3 Å². The van der Waals surface area contributed by atoms with Crippen molar-refractivity contribution < 1.29 is 9.47 Å². The summed E-state index contributed by atoms with van der Waals surface area (Å²) >= 11 is 0. The Bertz CT molecular complexity index is 1650. The standard InChI is InChI=1S/C36H36O2/c1-36(15-9-4-10-16-36)27-17-25-19-30-32(37-2)21-23-11-5-7-13-28(23)34(30)35-29-14-8-6-12-24(29)22-33(38-3)31(35)20-26(25)18-27/h5-8,11-14,17,21-22H,4,9-10,15-16,18-20H2,1-3H3. The van der Waals surface area contributed by atoms with Crippen molar-refractivity contribution in [1.29, 1.82) is 0 Å². The third-order valence-corrected chi connectivity index (χ3v) is 9.62. The summed E-state index contributed by atoms with van der Waals surface area (Å²) in [5.74, 6) is 1.97. The number of allylic oxidation sites excluding steroid dienone is 4. The van der Waals surface area contributed by atoms with E-state index < -0.39 is 0 Å². The van der Waals surface area contributed by atoms with E-state index in [0.29, 0.717) is 5.41 Å². The van der Waals surface area contributed by atoms with Crippen LogP contribution in [0.25, 0.3) is 32.7 Å². The van der Waals surface area contributed by atoms with Gasteiger partial charge in [-0.3, -0.25) is 0 Å². The SMILES string of the molecule is COc1cc2ccccc2c2c1CC1=C(CC(C3(C)CCCCC3)=C1)Cc1c(OC)cc3ccccc3c1-2. The van der Waals surface area contributed by atoms with Gasteiger partial charge in [-0.05, 0) is 81.5 Å². The number of hydrogen-bond donors (Lipinski definition) is 0. The monoisotopic (exact) mass is 500 g/mol. The molecule has 0 aromatic heterocycles. The zero-order valence-corrected chi connectivity index (χ0v) is 22.8. The van der Waals surface area contributed by atoms with Gasteiger partial charge in [0.05, 0.1) is 14.2 Å². The molecule has 3 aliphatic rings. The van der Waals surface area contributed by atoms with Gasteiger partial charge in [0.15, 0.2) is 0 Å². The van der Waals surface area contributed by atoms with Gasteiger partial charge in [-0.2, -0.15) is 0 Å². The molecule has 0 atom stereocenters. The fourth-order valence-corrected chi connectivity index (χ4v) is 7.52. The average Bonchev–Trinajstić information content (AvgIpc) is 3.34. The predicted molar refractivity (Wildman–Crippen MR) is 158 cm³/mol. The first kappa shape index (κ1) is 23.6. The Kier molecular flexibility index (Phi) is 5.62. The number of methoxy groups -OCH3 is 2. The first-order chi connectivity index (χ1) is 18.6. The molecule has 1 saturated carbocycles. The number of rotatable bonds is 3. The van der Waals surface area contributed by atoms with Gasteiger partial charge in [-0.1, -0.05) is 91.9 Å². The maximum Gasteiger partial charge on any atom is 0.123 e. The number of fused-ring (bicyclic) bond motifs is 7. The van der Waals surface area contributed by atoms with Crippen LogP contribution >= 0.6 is 0 Å². The summed E-state index contributed by atoms with van der Waals surface area (Å²) in [5, 5.41) is 5.01. The smallest absolute Gasteiger partial charge is 0.123 e. The van der Waals surface area contributed by atoms with E-state index in [-0.39, 0.29) is 0 Å². The van der Waals surface area contributed by atoms with Crippen LogP contribution in [0.4, 0.5) is 0 Å². The Morgan fingerprint density at radius 1 is 0.658 bits per heavy atom. The Morgan fingerprint density at radius 2 is 1.21 bits per heavy atom.